The molecule has 1 aromatic heterocycles. The third-order valence-electron chi connectivity index (χ3n) is 4.73. The lowest BCUT2D eigenvalue weighted by molar-refractivity contribution is -0.121. The minimum Gasteiger partial charge on any atom is -0.352 e. The molecule has 27 heavy (non-hydrogen) atoms. The maximum atomic E-state index is 12.6. The van der Waals surface area contributed by atoms with Crippen molar-refractivity contribution < 1.29 is 4.79 Å². The molecule has 0 saturated heterocycles. The fraction of sp³-hybridized carbons (Fsp3) is 0.450. The molecule has 1 fully saturated rings. The summed E-state index contributed by atoms with van der Waals surface area (Å²) in [5.74, 6) is 0.807. The Balaban J connectivity index is 1.72. The Bertz CT molecular complexity index is 784. The van der Waals surface area contributed by atoms with Crippen molar-refractivity contribution in [1.82, 2.24) is 20.1 Å². The van der Waals surface area contributed by atoms with E-state index in [2.05, 4.69) is 22.1 Å². The van der Waals surface area contributed by atoms with Crippen LogP contribution < -0.4 is 5.32 Å². The topological polar surface area (TPSA) is 59.8 Å². The Labute approximate surface area is 169 Å². The Morgan fingerprint density at radius 1 is 1.33 bits per heavy atom. The fourth-order valence-corrected chi connectivity index (χ4v) is 4.25. The highest BCUT2D eigenvalue weighted by atomic mass is 35.5. The Hall–Kier alpha value is -1.79. The van der Waals surface area contributed by atoms with E-state index >= 15 is 0 Å². The first-order valence-electron chi connectivity index (χ1n) is 9.35. The molecule has 2 aromatic rings. The maximum absolute atomic E-state index is 12.6. The van der Waals surface area contributed by atoms with Gasteiger partial charge in [-0.25, -0.2) is 0 Å². The SMILES string of the molecule is C=CCn1c(SC(C)C(=O)NC2CCCCC2)nnc1-c1ccc(Cl)cc1. The summed E-state index contributed by atoms with van der Waals surface area (Å²) in [4.78, 5) is 12.6. The van der Waals surface area contributed by atoms with Gasteiger partial charge in [0, 0.05) is 23.2 Å². The van der Waals surface area contributed by atoms with E-state index in [0.29, 0.717) is 22.8 Å². The summed E-state index contributed by atoms with van der Waals surface area (Å²) in [5.41, 5.74) is 0.930. The molecule has 0 aliphatic heterocycles. The van der Waals surface area contributed by atoms with Crippen molar-refractivity contribution in [3.8, 4) is 11.4 Å². The van der Waals surface area contributed by atoms with Gasteiger partial charge in [-0.3, -0.25) is 9.36 Å². The summed E-state index contributed by atoms with van der Waals surface area (Å²) >= 11 is 7.41. The summed E-state index contributed by atoms with van der Waals surface area (Å²) in [7, 11) is 0. The van der Waals surface area contributed by atoms with Crippen molar-refractivity contribution in [2.24, 2.45) is 0 Å². The molecule has 1 unspecified atom stereocenters. The Morgan fingerprint density at radius 3 is 2.70 bits per heavy atom. The van der Waals surface area contributed by atoms with E-state index in [1.807, 2.05) is 35.8 Å². The van der Waals surface area contributed by atoms with Crippen LogP contribution >= 0.6 is 23.4 Å². The van der Waals surface area contributed by atoms with E-state index in [9.17, 15) is 4.79 Å². The Kier molecular flexibility index (Phi) is 6.96. The lowest BCUT2D eigenvalue weighted by Crippen LogP contribution is -2.40. The lowest BCUT2D eigenvalue weighted by Gasteiger charge is -2.24. The molecular formula is C20H25ClN4OS. The smallest absolute Gasteiger partial charge is 0.233 e. The minimum absolute atomic E-state index is 0.0631. The first-order valence-corrected chi connectivity index (χ1v) is 10.6. The van der Waals surface area contributed by atoms with Gasteiger partial charge < -0.3 is 5.32 Å². The maximum Gasteiger partial charge on any atom is 0.233 e. The van der Waals surface area contributed by atoms with Gasteiger partial charge in [0.05, 0.1) is 5.25 Å². The molecule has 1 saturated carbocycles. The van der Waals surface area contributed by atoms with Gasteiger partial charge in [-0.2, -0.15) is 0 Å². The van der Waals surface area contributed by atoms with Crippen LogP contribution in [0.3, 0.4) is 0 Å². The van der Waals surface area contributed by atoms with E-state index in [0.717, 1.165) is 24.2 Å². The monoisotopic (exact) mass is 404 g/mol. The van der Waals surface area contributed by atoms with Crippen LogP contribution in [0.4, 0.5) is 0 Å². The predicted octanol–water partition coefficient (Wildman–Crippen LogP) is 4.71. The molecule has 1 heterocycles. The number of aromatic nitrogens is 3. The molecule has 1 aliphatic rings. The number of carbonyl (C=O) groups excluding carboxylic acids is 1. The molecule has 1 N–H and O–H groups in total. The Morgan fingerprint density at radius 2 is 2.04 bits per heavy atom. The number of carbonyl (C=O) groups is 1. The van der Waals surface area contributed by atoms with Crippen molar-refractivity contribution in [2.45, 2.75) is 62.0 Å². The number of nitrogens with zero attached hydrogens (tertiary/aromatic N) is 3. The van der Waals surface area contributed by atoms with Crippen molar-refractivity contribution >= 4 is 29.3 Å². The number of halogens is 1. The lowest BCUT2D eigenvalue weighted by atomic mass is 9.95. The molecule has 5 nitrogen and oxygen atoms in total. The number of benzene rings is 1. The molecule has 0 spiro atoms. The highest BCUT2D eigenvalue weighted by Gasteiger charge is 2.23. The van der Waals surface area contributed by atoms with Gasteiger partial charge in [0.25, 0.3) is 0 Å². The number of allylic oxidation sites excluding steroid dienone is 1. The molecule has 1 atom stereocenters. The van der Waals surface area contributed by atoms with E-state index in [-0.39, 0.29) is 11.2 Å². The van der Waals surface area contributed by atoms with Crippen LogP contribution in [-0.2, 0) is 11.3 Å². The number of hydrogen-bond donors (Lipinski definition) is 1. The zero-order chi connectivity index (χ0) is 19.2. The van der Waals surface area contributed by atoms with Crippen LogP contribution in [0.1, 0.15) is 39.0 Å². The van der Waals surface area contributed by atoms with Crippen LogP contribution in [0.2, 0.25) is 5.02 Å². The first kappa shape index (κ1) is 20.0. The number of rotatable bonds is 7. The molecule has 7 heteroatoms. The van der Waals surface area contributed by atoms with Crippen molar-refractivity contribution in [2.75, 3.05) is 0 Å². The van der Waals surface area contributed by atoms with Crippen LogP contribution in [-0.4, -0.2) is 32.0 Å². The highest BCUT2D eigenvalue weighted by Crippen LogP contribution is 2.28. The van der Waals surface area contributed by atoms with E-state index in [4.69, 9.17) is 11.6 Å². The molecule has 1 amide bonds. The fourth-order valence-electron chi connectivity index (χ4n) is 3.26. The summed E-state index contributed by atoms with van der Waals surface area (Å²) in [5, 5.41) is 13.0. The van der Waals surface area contributed by atoms with Gasteiger partial charge in [-0.15, -0.1) is 16.8 Å². The first-order chi connectivity index (χ1) is 13.1. The van der Waals surface area contributed by atoms with Crippen molar-refractivity contribution in [1.29, 1.82) is 0 Å². The average Bonchev–Trinajstić information content (AvgIpc) is 3.06. The van der Waals surface area contributed by atoms with Crippen LogP contribution in [0.5, 0.6) is 0 Å². The second-order valence-electron chi connectivity index (χ2n) is 6.82. The summed E-state index contributed by atoms with van der Waals surface area (Å²) in [6.07, 6.45) is 7.64. The molecule has 0 bridgehead atoms. The third-order valence-corrected chi connectivity index (χ3v) is 6.07. The highest BCUT2D eigenvalue weighted by molar-refractivity contribution is 8.00. The van der Waals surface area contributed by atoms with Crippen LogP contribution in [0, 0.1) is 0 Å². The molecule has 1 aliphatic carbocycles. The summed E-state index contributed by atoms with van der Waals surface area (Å²) < 4.78 is 1.98. The van der Waals surface area contributed by atoms with Gasteiger partial charge in [-0.1, -0.05) is 48.7 Å². The molecule has 144 valence electrons. The predicted molar refractivity (Wildman–Crippen MR) is 111 cm³/mol. The number of thioether (sulfide) groups is 1. The molecule has 0 radical (unpaired) electrons. The number of amides is 1. The van der Waals surface area contributed by atoms with Crippen molar-refractivity contribution in [3.63, 3.8) is 0 Å². The zero-order valence-electron chi connectivity index (χ0n) is 15.5. The number of hydrogen-bond acceptors (Lipinski definition) is 4. The third kappa shape index (κ3) is 5.14. The summed E-state index contributed by atoms with van der Waals surface area (Å²) in [6.45, 7) is 6.32. The van der Waals surface area contributed by atoms with Gasteiger partial charge in [0.15, 0.2) is 11.0 Å². The quantitative estimate of drug-likeness (QED) is 0.536. The van der Waals surface area contributed by atoms with E-state index in [1.54, 1.807) is 6.08 Å². The van der Waals surface area contributed by atoms with Gasteiger partial charge in [0.2, 0.25) is 5.91 Å². The van der Waals surface area contributed by atoms with E-state index < -0.39 is 0 Å². The minimum atomic E-state index is -0.238. The average molecular weight is 405 g/mol. The second kappa shape index (κ2) is 9.42. The molecule has 3 rings (SSSR count). The van der Waals surface area contributed by atoms with Crippen LogP contribution in [0.15, 0.2) is 42.1 Å². The van der Waals surface area contributed by atoms with Gasteiger partial charge in [-0.05, 0) is 44.0 Å². The summed E-state index contributed by atoms with van der Waals surface area (Å²) in [6, 6.07) is 7.80. The van der Waals surface area contributed by atoms with Crippen molar-refractivity contribution in [3.05, 3.63) is 41.9 Å². The largest absolute Gasteiger partial charge is 0.352 e. The van der Waals surface area contributed by atoms with Gasteiger partial charge in [0.1, 0.15) is 0 Å². The zero-order valence-corrected chi connectivity index (χ0v) is 17.1. The molecular weight excluding hydrogens is 380 g/mol. The van der Waals surface area contributed by atoms with Gasteiger partial charge >= 0.3 is 0 Å². The standard InChI is InChI=1S/C20H25ClN4OS/c1-3-13-25-18(15-9-11-16(21)12-10-15)23-24-20(25)27-14(2)19(26)22-17-7-5-4-6-8-17/h3,9-12,14,17H,1,4-8,13H2,2H3,(H,22,26). The van der Waals surface area contributed by atoms with E-state index in [1.165, 1.54) is 31.0 Å². The normalized spacial score (nSPS) is 16.1. The molecule has 1 aromatic carbocycles. The second-order valence-corrected chi connectivity index (χ2v) is 8.56. The van der Waals surface area contributed by atoms with Crippen LogP contribution in [0.25, 0.3) is 11.4 Å². The number of nitrogens with one attached hydrogen (secondary N) is 1.